The molecule has 2 rings (SSSR count). The maximum atomic E-state index is 12.3. The Morgan fingerprint density at radius 3 is 2.26 bits per heavy atom. The lowest BCUT2D eigenvalue weighted by atomic mass is 10.2. The van der Waals surface area contributed by atoms with Gasteiger partial charge in [-0.1, -0.05) is 12.1 Å². The first kappa shape index (κ1) is 19.9. The SMILES string of the molecule is CC[NH+](CC(=O)Nc1ccc(OC)cc1)CC(=O)Nc1ccccc1C#N. The van der Waals surface area contributed by atoms with E-state index in [-0.39, 0.29) is 24.9 Å². The van der Waals surface area contributed by atoms with Crippen molar-refractivity contribution in [3.63, 3.8) is 0 Å². The van der Waals surface area contributed by atoms with Crippen LogP contribution >= 0.6 is 0 Å². The zero-order chi connectivity index (χ0) is 19.6. The van der Waals surface area contributed by atoms with E-state index in [1.807, 2.05) is 13.0 Å². The topological polar surface area (TPSA) is 95.7 Å². The molecular weight excluding hydrogens is 344 g/mol. The molecule has 0 bridgehead atoms. The average molecular weight is 367 g/mol. The molecule has 7 nitrogen and oxygen atoms in total. The molecule has 3 N–H and O–H groups in total. The first-order chi connectivity index (χ1) is 13.0. The van der Waals surface area contributed by atoms with E-state index in [4.69, 9.17) is 10.00 Å². The number of nitrogens with one attached hydrogen (secondary N) is 3. The summed E-state index contributed by atoms with van der Waals surface area (Å²) >= 11 is 0. The van der Waals surface area contributed by atoms with Gasteiger partial charge in [-0.2, -0.15) is 5.26 Å². The quantitative estimate of drug-likeness (QED) is 0.650. The van der Waals surface area contributed by atoms with Gasteiger partial charge in [0, 0.05) is 5.69 Å². The second-order valence-electron chi connectivity index (χ2n) is 5.94. The van der Waals surface area contributed by atoms with Crippen molar-refractivity contribution in [3.8, 4) is 11.8 Å². The molecule has 0 radical (unpaired) electrons. The van der Waals surface area contributed by atoms with Crippen LogP contribution in [-0.2, 0) is 9.59 Å². The Hall–Kier alpha value is -3.37. The average Bonchev–Trinajstić information content (AvgIpc) is 2.68. The Labute approximate surface area is 158 Å². The Balaban J connectivity index is 1.89. The summed E-state index contributed by atoms with van der Waals surface area (Å²) in [5.74, 6) is 0.289. The van der Waals surface area contributed by atoms with Crippen LogP contribution in [0.25, 0.3) is 0 Å². The predicted octanol–water partition coefficient (Wildman–Crippen LogP) is 1.05. The van der Waals surface area contributed by atoms with Gasteiger partial charge in [0.1, 0.15) is 11.8 Å². The normalized spacial score (nSPS) is 11.1. The van der Waals surface area contributed by atoms with Gasteiger partial charge < -0.3 is 20.3 Å². The van der Waals surface area contributed by atoms with E-state index in [2.05, 4.69) is 10.6 Å². The Kier molecular flexibility index (Phi) is 7.35. The highest BCUT2D eigenvalue weighted by Gasteiger charge is 2.17. The van der Waals surface area contributed by atoms with E-state index in [0.717, 1.165) is 4.90 Å². The smallest absolute Gasteiger partial charge is 0.279 e. The van der Waals surface area contributed by atoms with Crippen molar-refractivity contribution in [2.75, 3.05) is 37.4 Å². The van der Waals surface area contributed by atoms with Gasteiger partial charge in [-0.25, -0.2) is 0 Å². The summed E-state index contributed by atoms with van der Waals surface area (Å²) in [5.41, 5.74) is 1.55. The van der Waals surface area contributed by atoms with Gasteiger partial charge in [-0.15, -0.1) is 0 Å². The highest BCUT2D eigenvalue weighted by molar-refractivity contribution is 5.94. The molecule has 2 aromatic rings. The summed E-state index contributed by atoms with van der Waals surface area (Å²) in [7, 11) is 1.58. The molecule has 140 valence electrons. The number of carbonyl (C=O) groups is 2. The number of nitriles is 1. The molecule has 0 saturated carbocycles. The molecule has 0 aromatic heterocycles. The van der Waals surface area contributed by atoms with Crippen molar-refractivity contribution < 1.29 is 19.2 Å². The minimum atomic E-state index is -0.244. The number of ether oxygens (including phenoxy) is 1. The highest BCUT2D eigenvalue weighted by atomic mass is 16.5. The summed E-state index contributed by atoms with van der Waals surface area (Å²) in [4.78, 5) is 25.3. The van der Waals surface area contributed by atoms with E-state index in [0.29, 0.717) is 29.2 Å². The number of anilines is 2. The van der Waals surface area contributed by atoms with Crippen LogP contribution in [0.15, 0.2) is 48.5 Å². The number of rotatable bonds is 8. The van der Waals surface area contributed by atoms with Gasteiger partial charge in [0.25, 0.3) is 11.8 Å². The summed E-state index contributed by atoms with van der Waals surface area (Å²) in [5, 5.41) is 14.6. The van der Waals surface area contributed by atoms with E-state index in [1.165, 1.54) is 0 Å². The maximum absolute atomic E-state index is 12.3. The molecule has 0 aliphatic rings. The van der Waals surface area contributed by atoms with Crippen LogP contribution in [0.5, 0.6) is 5.75 Å². The van der Waals surface area contributed by atoms with Crippen LogP contribution in [0, 0.1) is 11.3 Å². The van der Waals surface area contributed by atoms with E-state index in [1.54, 1.807) is 55.6 Å². The van der Waals surface area contributed by atoms with Crippen molar-refractivity contribution in [2.45, 2.75) is 6.92 Å². The zero-order valence-corrected chi connectivity index (χ0v) is 15.4. The standard InChI is InChI=1S/C20H22N4O3/c1-3-24(13-19(25)22-16-8-10-17(27-2)11-9-16)14-20(26)23-18-7-5-4-6-15(18)12-21/h4-11H,3,13-14H2,1-2H3,(H,22,25)(H,23,26)/p+1. The molecule has 27 heavy (non-hydrogen) atoms. The zero-order valence-electron chi connectivity index (χ0n) is 15.4. The maximum Gasteiger partial charge on any atom is 0.279 e. The van der Waals surface area contributed by atoms with Crippen molar-refractivity contribution in [2.24, 2.45) is 0 Å². The number of amides is 2. The largest absolute Gasteiger partial charge is 0.497 e. The van der Waals surface area contributed by atoms with Crippen molar-refractivity contribution in [1.29, 1.82) is 5.26 Å². The molecule has 0 aliphatic heterocycles. The fourth-order valence-corrected chi connectivity index (χ4v) is 2.53. The lowest BCUT2D eigenvalue weighted by molar-refractivity contribution is -0.881. The fraction of sp³-hybridized carbons (Fsp3) is 0.250. The summed E-state index contributed by atoms with van der Waals surface area (Å²) < 4.78 is 5.08. The molecule has 0 spiro atoms. The number of benzene rings is 2. The van der Waals surface area contributed by atoms with Gasteiger partial charge in [-0.05, 0) is 43.3 Å². The minimum Gasteiger partial charge on any atom is -0.497 e. The lowest BCUT2D eigenvalue weighted by Gasteiger charge is -2.17. The number of likely N-dealkylation sites (N-methyl/N-ethyl adjacent to an activating group) is 1. The van der Waals surface area contributed by atoms with Gasteiger partial charge in [0.15, 0.2) is 13.1 Å². The Morgan fingerprint density at radius 1 is 1.04 bits per heavy atom. The van der Waals surface area contributed by atoms with Crippen molar-refractivity contribution >= 4 is 23.2 Å². The molecule has 1 atom stereocenters. The van der Waals surface area contributed by atoms with Crippen molar-refractivity contribution in [3.05, 3.63) is 54.1 Å². The lowest BCUT2D eigenvalue weighted by Crippen LogP contribution is -3.13. The second-order valence-corrected chi connectivity index (χ2v) is 5.94. The van der Waals surface area contributed by atoms with Gasteiger partial charge in [-0.3, -0.25) is 9.59 Å². The fourth-order valence-electron chi connectivity index (χ4n) is 2.53. The molecular formula is C20H23N4O3+. The number of hydrogen-bond donors (Lipinski definition) is 3. The summed E-state index contributed by atoms with van der Waals surface area (Å²) in [6.07, 6.45) is 0. The number of quaternary nitrogens is 1. The molecule has 7 heteroatoms. The van der Waals surface area contributed by atoms with Crippen LogP contribution < -0.4 is 20.3 Å². The van der Waals surface area contributed by atoms with Crippen LogP contribution in [0.4, 0.5) is 11.4 Å². The van der Waals surface area contributed by atoms with Crippen LogP contribution in [-0.4, -0.2) is 38.6 Å². The molecule has 1 unspecified atom stereocenters. The number of para-hydroxylation sites is 1. The Bertz CT molecular complexity index is 828. The third-order valence-corrected chi connectivity index (χ3v) is 4.02. The number of methoxy groups -OCH3 is 1. The third kappa shape index (κ3) is 6.13. The first-order valence-electron chi connectivity index (χ1n) is 8.62. The summed E-state index contributed by atoms with van der Waals surface area (Å²) in [6, 6.07) is 15.9. The van der Waals surface area contributed by atoms with Crippen LogP contribution in [0.1, 0.15) is 12.5 Å². The van der Waals surface area contributed by atoms with Crippen LogP contribution in [0.2, 0.25) is 0 Å². The van der Waals surface area contributed by atoms with E-state index >= 15 is 0 Å². The Morgan fingerprint density at radius 2 is 1.67 bits per heavy atom. The third-order valence-electron chi connectivity index (χ3n) is 4.02. The van der Waals surface area contributed by atoms with Gasteiger partial charge in [0.05, 0.1) is 24.9 Å². The molecule has 0 aliphatic carbocycles. The second kappa shape index (κ2) is 9.94. The molecule has 2 amide bonds. The molecule has 0 heterocycles. The number of carbonyl (C=O) groups excluding carboxylic acids is 2. The van der Waals surface area contributed by atoms with Crippen LogP contribution in [0.3, 0.4) is 0 Å². The van der Waals surface area contributed by atoms with Crippen molar-refractivity contribution in [1.82, 2.24) is 0 Å². The molecule has 0 fully saturated rings. The molecule has 2 aromatic carbocycles. The minimum absolute atomic E-state index is 0.131. The first-order valence-corrected chi connectivity index (χ1v) is 8.62. The van der Waals surface area contributed by atoms with Gasteiger partial charge in [0.2, 0.25) is 0 Å². The predicted molar refractivity (Wildman–Crippen MR) is 103 cm³/mol. The number of hydrogen-bond acceptors (Lipinski definition) is 4. The summed E-state index contributed by atoms with van der Waals surface area (Å²) in [6.45, 7) is 2.82. The molecule has 0 saturated heterocycles. The highest BCUT2D eigenvalue weighted by Crippen LogP contribution is 2.14. The van der Waals surface area contributed by atoms with E-state index in [9.17, 15) is 9.59 Å². The monoisotopic (exact) mass is 367 g/mol. The number of nitrogens with zero attached hydrogens (tertiary/aromatic N) is 1. The van der Waals surface area contributed by atoms with Gasteiger partial charge >= 0.3 is 0 Å². The van der Waals surface area contributed by atoms with E-state index < -0.39 is 0 Å².